The van der Waals surface area contributed by atoms with Crippen LogP contribution in [0.25, 0.3) is 10.8 Å². The Morgan fingerprint density at radius 2 is 2.05 bits per heavy atom. The van der Waals surface area contributed by atoms with Crippen LogP contribution >= 0.6 is 11.6 Å². The van der Waals surface area contributed by atoms with Gasteiger partial charge in [0.05, 0.1) is 4.90 Å². The molecule has 5 nitrogen and oxygen atoms in total. The van der Waals surface area contributed by atoms with E-state index in [-0.39, 0.29) is 4.90 Å². The maximum absolute atomic E-state index is 11.7. The van der Waals surface area contributed by atoms with Gasteiger partial charge in [0.2, 0.25) is 10.0 Å². The Bertz CT molecular complexity index is 763. The van der Waals surface area contributed by atoms with Gasteiger partial charge >= 0.3 is 0 Å². The minimum absolute atomic E-state index is 0.0782. The number of pyridine rings is 1. The first-order valence-corrected chi connectivity index (χ1v) is 9.17. The fourth-order valence-corrected chi connectivity index (χ4v) is 3.29. The molecule has 1 aromatic heterocycles. The Morgan fingerprint density at radius 1 is 1.27 bits per heavy atom. The van der Waals surface area contributed by atoms with Crippen LogP contribution in [0.15, 0.2) is 29.2 Å². The summed E-state index contributed by atoms with van der Waals surface area (Å²) in [5, 5.41) is 10.0. The van der Waals surface area contributed by atoms with Gasteiger partial charge in [0.1, 0.15) is 5.15 Å². The molecule has 2 rings (SSSR count). The monoisotopic (exact) mass is 341 g/mol. The lowest BCUT2D eigenvalue weighted by molar-refractivity contribution is 0.598. The molecule has 0 saturated heterocycles. The molecule has 0 fully saturated rings. The number of nitrogens with one attached hydrogen (secondary N) is 1. The lowest BCUT2D eigenvalue weighted by Gasteiger charge is -2.09. The third kappa shape index (κ3) is 4.16. The highest BCUT2D eigenvalue weighted by Gasteiger charge is 2.15. The van der Waals surface area contributed by atoms with Gasteiger partial charge in [0.25, 0.3) is 0 Å². The van der Waals surface area contributed by atoms with Gasteiger partial charge in [-0.3, -0.25) is 0 Å². The van der Waals surface area contributed by atoms with Gasteiger partial charge in [-0.2, -0.15) is 0 Å². The number of halogens is 1. The van der Waals surface area contributed by atoms with E-state index < -0.39 is 10.0 Å². The molecule has 0 saturated carbocycles. The molecule has 0 aliphatic heterocycles. The smallest absolute Gasteiger partial charge is 0.238 e. The number of sulfonamides is 1. The quantitative estimate of drug-likeness (QED) is 0.598. The maximum atomic E-state index is 11.7. The molecule has 2 aromatic rings. The highest BCUT2D eigenvalue weighted by Crippen LogP contribution is 2.27. The van der Waals surface area contributed by atoms with Crippen LogP contribution < -0.4 is 10.5 Å². The predicted octanol–water partition coefficient (Wildman–Crippen LogP) is 2.47. The molecule has 0 radical (unpaired) electrons. The molecule has 0 aliphatic rings. The van der Waals surface area contributed by atoms with Crippen LogP contribution in [-0.2, 0) is 16.4 Å². The lowest BCUT2D eigenvalue weighted by atomic mass is 10.1. The molecule has 22 heavy (non-hydrogen) atoms. The molecule has 0 unspecified atom stereocenters. The maximum Gasteiger partial charge on any atom is 0.238 e. The van der Waals surface area contributed by atoms with E-state index in [1.807, 2.05) is 0 Å². The van der Waals surface area contributed by atoms with E-state index in [9.17, 15) is 8.42 Å². The first-order valence-electron chi connectivity index (χ1n) is 7.25. The summed E-state index contributed by atoms with van der Waals surface area (Å²) in [6.45, 7) is 3.87. The van der Waals surface area contributed by atoms with Crippen LogP contribution in [-0.4, -0.2) is 26.5 Å². The standard InChI is InChI=1S/C15H20ClN3O2S/c1-2-3-8-18-9-7-11-10-13-12(15(16)19-11)5-4-6-14(13)22(17,20)21/h4-6,10,18H,2-3,7-9H2,1H3,(H2,17,20,21). The summed E-state index contributed by atoms with van der Waals surface area (Å²) in [5.41, 5.74) is 0.748. The molecule has 120 valence electrons. The molecule has 0 atom stereocenters. The van der Waals surface area contributed by atoms with Crippen molar-refractivity contribution >= 4 is 32.4 Å². The third-order valence-electron chi connectivity index (χ3n) is 3.41. The van der Waals surface area contributed by atoms with E-state index in [2.05, 4.69) is 17.2 Å². The summed E-state index contributed by atoms with van der Waals surface area (Å²) in [7, 11) is -3.80. The number of benzene rings is 1. The minimum Gasteiger partial charge on any atom is -0.316 e. The number of fused-ring (bicyclic) bond motifs is 1. The number of hydrogen-bond acceptors (Lipinski definition) is 4. The summed E-state index contributed by atoms with van der Waals surface area (Å²) in [6, 6.07) is 6.59. The Kier molecular flexibility index (Phi) is 5.74. The first-order chi connectivity index (χ1) is 10.4. The van der Waals surface area contributed by atoms with Gasteiger partial charge in [0, 0.05) is 29.4 Å². The molecule has 3 N–H and O–H groups in total. The van der Waals surface area contributed by atoms with E-state index in [4.69, 9.17) is 16.7 Å². The van der Waals surface area contributed by atoms with Crippen LogP contribution in [0, 0.1) is 0 Å². The predicted molar refractivity (Wildman–Crippen MR) is 89.6 cm³/mol. The largest absolute Gasteiger partial charge is 0.316 e. The fourth-order valence-electron chi connectivity index (χ4n) is 2.28. The Labute approximate surface area is 135 Å². The molecule has 0 spiro atoms. The fraction of sp³-hybridized carbons (Fsp3) is 0.400. The number of primary sulfonamides is 1. The van der Waals surface area contributed by atoms with E-state index in [0.717, 1.165) is 31.6 Å². The zero-order valence-electron chi connectivity index (χ0n) is 12.5. The molecule has 1 aromatic carbocycles. The summed E-state index contributed by atoms with van der Waals surface area (Å²) in [5.74, 6) is 0. The van der Waals surface area contributed by atoms with Crippen molar-refractivity contribution in [2.75, 3.05) is 13.1 Å². The van der Waals surface area contributed by atoms with Crippen LogP contribution in [0.2, 0.25) is 5.15 Å². The number of unbranched alkanes of at least 4 members (excludes halogenated alkanes) is 1. The minimum atomic E-state index is -3.80. The van der Waals surface area contributed by atoms with Crippen LogP contribution in [0.4, 0.5) is 0 Å². The van der Waals surface area contributed by atoms with Crippen molar-refractivity contribution in [3.05, 3.63) is 35.1 Å². The average Bonchev–Trinajstić information content (AvgIpc) is 2.45. The van der Waals surface area contributed by atoms with Crippen LogP contribution in [0.3, 0.4) is 0 Å². The topological polar surface area (TPSA) is 85.1 Å². The summed E-state index contributed by atoms with van der Waals surface area (Å²) in [4.78, 5) is 4.41. The van der Waals surface area contributed by atoms with Crippen molar-refractivity contribution in [1.29, 1.82) is 0 Å². The molecular weight excluding hydrogens is 322 g/mol. The molecule has 0 bridgehead atoms. The Balaban J connectivity index is 2.30. The SMILES string of the molecule is CCCCNCCc1cc2c(S(N)(=O)=O)cccc2c(Cl)n1. The van der Waals surface area contributed by atoms with Gasteiger partial charge in [-0.1, -0.05) is 37.1 Å². The number of nitrogens with two attached hydrogens (primary N) is 1. The number of aromatic nitrogens is 1. The van der Waals surface area contributed by atoms with E-state index >= 15 is 0 Å². The average molecular weight is 342 g/mol. The second-order valence-electron chi connectivity index (χ2n) is 5.15. The highest BCUT2D eigenvalue weighted by molar-refractivity contribution is 7.89. The van der Waals surface area contributed by atoms with Gasteiger partial charge in [-0.05, 0) is 25.1 Å². The molecule has 0 aliphatic carbocycles. The normalized spacial score (nSPS) is 12.0. The van der Waals surface area contributed by atoms with Crippen LogP contribution in [0.1, 0.15) is 25.5 Å². The van der Waals surface area contributed by atoms with E-state index in [0.29, 0.717) is 22.3 Å². The third-order valence-corrected chi connectivity index (χ3v) is 4.67. The molecule has 1 heterocycles. The van der Waals surface area contributed by atoms with Crippen molar-refractivity contribution in [3.63, 3.8) is 0 Å². The Morgan fingerprint density at radius 3 is 2.73 bits per heavy atom. The molecule has 0 amide bonds. The van der Waals surface area contributed by atoms with Crippen molar-refractivity contribution in [2.45, 2.75) is 31.1 Å². The number of rotatable bonds is 7. The van der Waals surface area contributed by atoms with Gasteiger partial charge < -0.3 is 5.32 Å². The summed E-state index contributed by atoms with van der Waals surface area (Å²) < 4.78 is 23.4. The number of nitrogens with zero attached hydrogens (tertiary/aromatic N) is 1. The van der Waals surface area contributed by atoms with Crippen molar-refractivity contribution in [1.82, 2.24) is 10.3 Å². The second kappa shape index (κ2) is 7.37. The van der Waals surface area contributed by atoms with Gasteiger partial charge in [-0.15, -0.1) is 0 Å². The van der Waals surface area contributed by atoms with Crippen LogP contribution in [0.5, 0.6) is 0 Å². The zero-order valence-corrected chi connectivity index (χ0v) is 14.0. The second-order valence-corrected chi connectivity index (χ2v) is 7.04. The number of hydrogen-bond donors (Lipinski definition) is 2. The highest BCUT2D eigenvalue weighted by atomic mass is 35.5. The van der Waals surface area contributed by atoms with Crippen molar-refractivity contribution in [2.24, 2.45) is 5.14 Å². The van der Waals surface area contributed by atoms with Crippen molar-refractivity contribution < 1.29 is 8.42 Å². The first kappa shape index (κ1) is 17.1. The zero-order chi connectivity index (χ0) is 16.2. The summed E-state index contributed by atoms with van der Waals surface area (Å²) in [6.07, 6.45) is 2.95. The van der Waals surface area contributed by atoms with Gasteiger partial charge in [0.15, 0.2) is 0 Å². The van der Waals surface area contributed by atoms with Crippen molar-refractivity contribution in [3.8, 4) is 0 Å². The molecular formula is C15H20ClN3O2S. The van der Waals surface area contributed by atoms with Gasteiger partial charge in [-0.25, -0.2) is 18.5 Å². The van der Waals surface area contributed by atoms with E-state index in [1.54, 1.807) is 18.2 Å². The molecule has 7 heteroatoms. The summed E-state index contributed by atoms with van der Waals surface area (Å²) >= 11 is 6.18. The Hall–Kier alpha value is -1.21. The van der Waals surface area contributed by atoms with E-state index in [1.165, 1.54) is 6.07 Å². The lowest BCUT2D eigenvalue weighted by Crippen LogP contribution is -2.19.